The largest absolute Gasteiger partial charge is 0.0912 e. The minimum atomic E-state index is 0.933. The average Bonchev–Trinajstić information content (AvgIpc) is 2.89. The van der Waals surface area contributed by atoms with Crippen LogP contribution in [-0.2, 0) is 6.42 Å². The highest BCUT2D eigenvalue weighted by Crippen LogP contribution is 2.25. The average molecular weight is 437 g/mol. The number of hydrogen-bond acceptors (Lipinski definition) is 0. The molecule has 34 heavy (non-hydrogen) atoms. The van der Waals surface area contributed by atoms with Gasteiger partial charge in [0.15, 0.2) is 0 Å². The van der Waals surface area contributed by atoms with Crippen LogP contribution in [0.15, 0.2) is 121 Å². The quantitative estimate of drug-likeness (QED) is 0.269. The van der Waals surface area contributed by atoms with Crippen LogP contribution in [0, 0.1) is 0 Å². The lowest BCUT2D eigenvalue weighted by Crippen LogP contribution is -2.21. The van der Waals surface area contributed by atoms with Crippen molar-refractivity contribution < 1.29 is 0 Å². The van der Waals surface area contributed by atoms with Gasteiger partial charge in [0.1, 0.15) is 0 Å². The molecule has 5 aromatic carbocycles. The first-order valence-corrected chi connectivity index (χ1v) is 11.8. The van der Waals surface area contributed by atoms with Gasteiger partial charge in [-0.1, -0.05) is 128 Å². The summed E-state index contributed by atoms with van der Waals surface area (Å²) in [6.07, 6.45) is 5.25. The van der Waals surface area contributed by atoms with Crippen molar-refractivity contribution >= 4 is 29.0 Å². The molecule has 0 saturated carbocycles. The molecule has 0 heteroatoms. The fourth-order valence-corrected chi connectivity index (χ4v) is 4.31. The molecule has 0 aliphatic rings. The molecule has 0 heterocycles. The molecule has 0 N–H and O–H groups in total. The third-order valence-electron chi connectivity index (χ3n) is 6.42. The summed E-state index contributed by atoms with van der Waals surface area (Å²) in [5.41, 5.74) is 7.65. The zero-order chi connectivity index (χ0) is 23.3. The van der Waals surface area contributed by atoms with Crippen molar-refractivity contribution in [1.82, 2.24) is 0 Å². The van der Waals surface area contributed by atoms with Crippen LogP contribution in [0.1, 0.15) is 23.6 Å². The maximum atomic E-state index is 4.10. The van der Waals surface area contributed by atoms with Gasteiger partial charge >= 0.3 is 0 Å². The third kappa shape index (κ3) is 4.92. The fraction of sp³-hybridized carbons (Fsp3) is 0.0588. The summed E-state index contributed by atoms with van der Waals surface area (Å²) in [5, 5.41) is 4.77. The second kappa shape index (κ2) is 9.77. The standard InChI is InChI=1S/C34H28/c1-25-7-3-4-8-29(25)16-11-26(2)30-17-12-27(13-18-30)23-28-14-19-32(20-15-28)34-22-21-31-9-5-6-10-33(31)24-34/h3-22,24H,1,23H2,2H3/b26-11+,29-16-. The first-order chi connectivity index (χ1) is 16.7. The summed E-state index contributed by atoms with van der Waals surface area (Å²) >= 11 is 0. The summed E-state index contributed by atoms with van der Waals surface area (Å²) in [4.78, 5) is 0. The molecule has 0 aliphatic carbocycles. The fourth-order valence-electron chi connectivity index (χ4n) is 4.31. The van der Waals surface area contributed by atoms with Crippen molar-refractivity contribution in [3.8, 4) is 11.1 Å². The zero-order valence-electron chi connectivity index (χ0n) is 19.5. The van der Waals surface area contributed by atoms with E-state index in [0.717, 1.165) is 16.9 Å². The van der Waals surface area contributed by atoms with E-state index >= 15 is 0 Å². The van der Waals surface area contributed by atoms with Crippen molar-refractivity contribution in [2.75, 3.05) is 0 Å². The van der Waals surface area contributed by atoms with Crippen molar-refractivity contribution in [3.05, 3.63) is 148 Å². The van der Waals surface area contributed by atoms with Crippen molar-refractivity contribution in [2.24, 2.45) is 0 Å². The van der Waals surface area contributed by atoms with E-state index in [4.69, 9.17) is 0 Å². The van der Waals surface area contributed by atoms with E-state index in [0.29, 0.717) is 0 Å². The minimum absolute atomic E-state index is 0.933. The maximum absolute atomic E-state index is 4.10. The summed E-state index contributed by atoms with van der Waals surface area (Å²) in [6, 6.07) is 41.3. The second-order valence-electron chi connectivity index (χ2n) is 8.85. The van der Waals surface area contributed by atoms with E-state index in [2.05, 4.69) is 123 Å². The third-order valence-corrected chi connectivity index (χ3v) is 6.42. The summed E-state index contributed by atoms with van der Waals surface area (Å²) < 4.78 is 0. The molecule has 164 valence electrons. The molecule has 0 fully saturated rings. The molecule has 0 aliphatic heterocycles. The van der Waals surface area contributed by atoms with Crippen molar-refractivity contribution in [1.29, 1.82) is 0 Å². The van der Waals surface area contributed by atoms with Crippen LogP contribution >= 0.6 is 0 Å². The van der Waals surface area contributed by atoms with E-state index in [9.17, 15) is 0 Å². The summed E-state index contributed by atoms with van der Waals surface area (Å²) in [7, 11) is 0. The van der Waals surface area contributed by atoms with Crippen molar-refractivity contribution in [3.63, 3.8) is 0 Å². The topological polar surface area (TPSA) is 0 Å². The Morgan fingerprint density at radius 1 is 0.647 bits per heavy atom. The maximum Gasteiger partial charge on any atom is -0.00258 e. The molecule has 0 nitrogen and oxygen atoms in total. The van der Waals surface area contributed by atoms with Crippen molar-refractivity contribution in [2.45, 2.75) is 13.3 Å². The van der Waals surface area contributed by atoms with Crippen LogP contribution < -0.4 is 10.4 Å². The highest BCUT2D eigenvalue weighted by Gasteiger charge is 2.02. The van der Waals surface area contributed by atoms with Gasteiger partial charge in [-0.05, 0) is 74.0 Å². The Morgan fingerprint density at radius 3 is 2.00 bits per heavy atom. The number of fused-ring (bicyclic) bond motifs is 1. The second-order valence-corrected chi connectivity index (χ2v) is 8.85. The molecule has 0 aromatic heterocycles. The molecule has 0 amide bonds. The Bertz CT molecular complexity index is 1570. The first kappa shape index (κ1) is 21.7. The normalized spacial score (nSPS) is 12.3. The SMILES string of the molecule is C=c1cccc/c1=C/C=C(\C)c1ccc(Cc2ccc(-c3ccc4ccccc4c3)cc2)cc1. The predicted octanol–water partition coefficient (Wildman–Crippen LogP) is 7.39. The van der Waals surface area contributed by atoms with Crippen LogP contribution in [0.25, 0.3) is 40.1 Å². The first-order valence-electron chi connectivity index (χ1n) is 11.8. The van der Waals surface area contributed by atoms with Crippen LogP contribution in [0.5, 0.6) is 0 Å². The van der Waals surface area contributed by atoms with Crippen LogP contribution in [0.2, 0.25) is 0 Å². The Balaban J connectivity index is 1.29. The Hall–Kier alpha value is -4.16. The minimum Gasteiger partial charge on any atom is -0.0912 e. The van der Waals surface area contributed by atoms with Gasteiger partial charge in [0.05, 0.1) is 0 Å². The van der Waals surface area contributed by atoms with E-state index in [1.165, 1.54) is 44.2 Å². The van der Waals surface area contributed by atoms with E-state index < -0.39 is 0 Å². The smallest absolute Gasteiger partial charge is 0.00258 e. The number of allylic oxidation sites excluding steroid dienone is 2. The molecule has 0 atom stereocenters. The molecule has 5 aromatic rings. The zero-order valence-corrected chi connectivity index (χ0v) is 19.5. The summed E-state index contributed by atoms with van der Waals surface area (Å²) in [6.45, 7) is 6.25. The highest BCUT2D eigenvalue weighted by atomic mass is 14.1. The molecular formula is C34H28. The lowest BCUT2D eigenvalue weighted by Gasteiger charge is -2.08. The van der Waals surface area contributed by atoms with Gasteiger partial charge in [-0.15, -0.1) is 0 Å². The molecule has 5 rings (SSSR count). The Morgan fingerprint density at radius 2 is 1.26 bits per heavy atom. The molecular weight excluding hydrogens is 408 g/mol. The molecule has 0 unspecified atom stereocenters. The molecule has 0 spiro atoms. The molecule has 0 bridgehead atoms. The van der Waals surface area contributed by atoms with Gasteiger partial charge in [-0.25, -0.2) is 0 Å². The van der Waals surface area contributed by atoms with Gasteiger partial charge in [0.25, 0.3) is 0 Å². The van der Waals surface area contributed by atoms with E-state index in [1.807, 2.05) is 18.2 Å². The monoisotopic (exact) mass is 436 g/mol. The number of rotatable bonds is 5. The van der Waals surface area contributed by atoms with E-state index in [-0.39, 0.29) is 0 Å². The van der Waals surface area contributed by atoms with Gasteiger partial charge in [-0.3, -0.25) is 0 Å². The van der Waals surface area contributed by atoms with Crippen LogP contribution in [0.4, 0.5) is 0 Å². The lowest BCUT2D eigenvalue weighted by molar-refractivity contribution is 1.19. The highest BCUT2D eigenvalue weighted by molar-refractivity contribution is 5.87. The Labute approximate surface area is 201 Å². The number of hydrogen-bond donors (Lipinski definition) is 0. The predicted molar refractivity (Wildman–Crippen MR) is 148 cm³/mol. The Kier molecular flexibility index (Phi) is 6.23. The van der Waals surface area contributed by atoms with Gasteiger partial charge in [-0.2, -0.15) is 0 Å². The summed E-state index contributed by atoms with van der Waals surface area (Å²) in [5.74, 6) is 0. The van der Waals surface area contributed by atoms with E-state index in [1.54, 1.807) is 0 Å². The lowest BCUT2D eigenvalue weighted by atomic mass is 9.97. The van der Waals surface area contributed by atoms with Gasteiger partial charge < -0.3 is 0 Å². The van der Waals surface area contributed by atoms with Gasteiger partial charge in [0, 0.05) is 0 Å². The molecule has 0 saturated heterocycles. The van der Waals surface area contributed by atoms with Crippen LogP contribution in [-0.4, -0.2) is 0 Å². The van der Waals surface area contributed by atoms with Gasteiger partial charge in [0.2, 0.25) is 0 Å². The number of benzene rings is 5. The van der Waals surface area contributed by atoms with Crippen LogP contribution in [0.3, 0.4) is 0 Å². The molecule has 0 radical (unpaired) electrons.